The van der Waals surface area contributed by atoms with E-state index in [4.69, 9.17) is 0 Å². The van der Waals surface area contributed by atoms with E-state index in [1.165, 1.54) is 0 Å². The number of carbonyl (C=O) groups is 1. The van der Waals surface area contributed by atoms with Crippen LogP contribution in [0, 0.1) is 0 Å². The van der Waals surface area contributed by atoms with Crippen molar-refractivity contribution < 1.29 is 4.79 Å². The lowest BCUT2D eigenvalue weighted by Crippen LogP contribution is -2.47. The van der Waals surface area contributed by atoms with Crippen LogP contribution in [0.25, 0.3) is 0 Å². The van der Waals surface area contributed by atoms with Gasteiger partial charge < -0.3 is 5.32 Å². The van der Waals surface area contributed by atoms with Crippen LogP contribution in [-0.2, 0) is 0 Å². The van der Waals surface area contributed by atoms with Crippen molar-refractivity contribution in [3.63, 3.8) is 0 Å². The van der Waals surface area contributed by atoms with E-state index in [1.807, 2.05) is 38.4 Å². The maximum absolute atomic E-state index is 11.9. The highest BCUT2D eigenvalue weighted by Gasteiger charge is 2.24. The average molecular weight is 191 g/mol. The molecular formula is C10H13N3O. The van der Waals surface area contributed by atoms with Crippen LogP contribution in [0.15, 0.2) is 24.3 Å². The van der Waals surface area contributed by atoms with Gasteiger partial charge in [-0.3, -0.25) is 9.80 Å². The first-order valence-electron chi connectivity index (χ1n) is 4.52. The third kappa shape index (κ3) is 1.33. The van der Waals surface area contributed by atoms with E-state index in [9.17, 15) is 4.79 Å². The minimum absolute atomic E-state index is 0.0457. The Morgan fingerprint density at radius 2 is 2.07 bits per heavy atom. The van der Waals surface area contributed by atoms with Crippen LogP contribution in [-0.4, -0.2) is 36.7 Å². The van der Waals surface area contributed by atoms with Crippen molar-refractivity contribution in [1.82, 2.24) is 10.0 Å². The second-order valence-electron chi connectivity index (χ2n) is 3.43. The molecule has 0 saturated heterocycles. The van der Waals surface area contributed by atoms with Crippen LogP contribution in [0.5, 0.6) is 0 Å². The Kier molecular flexibility index (Phi) is 2.13. The predicted octanol–water partition coefficient (Wildman–Crippen LogP) is 0.988. The summed E-state index contributed by atoms with van der Waals surface area (Å²) in [6.07, 6.45) is 0. The molecule has 0 saturated carbocycles. The van der Waals surface area contributed by atoms with Crippen LogP contribution in [0.3, 0.4) is 0 Å². The zero-order valence-corrected chi connectivity index (χ0v) is 8.32. The molecule has 0 atom stereocenters. The average Bonchev–Trinajstić information content (AvgIpc) is 2.18. The molecule has 4 heteroatoms. The van der Waals surface area contributed by atoms with Crippen LogP contribution in [0.4, 0.5) is 5.69 Å². The first-order valence-corrected chi connectivity index (χ1v) is 4.52. The second kappa shape index (κ2) is 3.31. The number of nitrogens with one attached hydrogen (secondary N) is 1. The fraction of sp³-hybridized carbons (Fsp3) is 0.300. The summed E-state index contributed by atoms with van der Waals surface area (Å²) in [5.74, 6) is 0.0457. The van der Waals surface area contributed by atoms with E-state index in [0.717, 1.165) is 11.3 Å². The first-order chi connectivity index (χ1) is 6.70. The van der Waals surface area contributed by atoms with Crippen molar-refractivity contribution in [3.8, 4) is 0 Å². The van der Waals surface area contributed by atoms with Gasteiger partial charge >= 0.3 is 0 Å². The number of hydrogen-bond donors (Lipinski definition) is 1. The molecule has 2 rings (SSSR count). The van der Waals surface area contributed by atoms with Crippen LogP contribution >= 0.6 is 0 Å². The molecule has 1 N–H and O–H groups in total. The number of benzene rings is 1. The lowest BCUT2D eigenvalue weighted by Gasteiger charge is -2.33. The van der Waals surface area contributed by atoms with Crippen molar-refractivity contribution in [2.45, 2.75) is 0 Å². The Morgan fingerprint density at radius 1 is 1.36 bits per heavy atom. The minimum atomic E-state index is 0.0457. The maximum Gasteiger partial charge on any atom is 0.271 e. The quantitative estimate of drug-likeness (QED) is 0.719. The maximum atomic E-state index is 11.9. The highest BCUT2D eigenvalue weighted by atomic mass is 16.2. The number of rotatable bonds is 1. The Bertz CT molecular complexity index is 362. The monoisotopic (exact) mass is 191 g/mol. The van der Waals surface area contributed by atoms with Gasteiger partial charge in [-0.1, -0.05) is 12.1 Å². The molecule has 1 aliphatic rings. The van der Waals surface area contributed by atoms with E-state index in [0.29, 0.717) is 6.67 Å². The number of fused-ring (bicyclic) bond motifs is 1. The first kappa shape index (κ1) is 9.02. The van der Waals surface area contributed by atoms with Gasteiger partial charge in [-0.05, 0) is 12.1 Å². The highest BCUT2D eigenvalue weighted by molar-refractivity contribution is 6.00. The number of amides is 1. The van der Waals surface area contributed by atoms with Crippen LogP contribution in [0.2, 0.25) is 0 Å². The van der Waals surface area contributed by atoms with E-state index >= 15 is 0 Å². The van der Waals surface area contributed by atoms with Gasteiger partial charge in [0, 0.05) is 19.8 Å². The van der Waals surface area contributed by atoms with Crippen molar-refractivity contribution in [2.75, 3.05) is 26.1 Å². The van der Waals surface area contributed by atoms with Crippen molar-refractivity contribution in [1.29, 1.82) is 0 Å². The molecular weight excluding hydrogens is 178 g/mol. The molecule has 74 valence electrons. The lowest BCUT2D eigenvalue weighted by atomic mass is 10.1. The largest absolute Gasteiger partial charge is 0.366 e. The van der Waals surface area contributed by atoms with Crippen molar-refractivity contribution >= 4 is 11.6 Å². The molecule has 1 aliphatic heterocycles. The number of anilines is 1. The van der Waals surface area contributed by atoms with Gasteiger partial charge in [-0.2, -0.15) is 0 Å². The van der Waals surface area contributed by atoms with E-state index in [2.05, 4.69) is 5.32 Å². The number of nitrogens with zero attached hydrogens (tertiary/aromatic N) is 2. The van der Waals surface area contributed by atoms with E-state index in [1.54, 1.807) is 10.0 Å². The Hall–Kier alpha value is -1.55. The SMILES string of the molecule is CN(C)N1CNc2ccccc2C1=O. The standard InChI is InChI=1S/C10H13N3O/c1-12(2)13-7-11-9-6-4-3-5-8(9)10(13)14/h3-6,11H,7H2,1-2H3. The molecule has 1 amide bonds. The van der Waals surface area contributed by atoms with Crippen LogP contribution in [0.1, 0.15) is 10.4 Å². The molecule has 0 aromatic heterocycles. The van der Waals surface area contributed by atoms with Gasteiger partial charge in [-0.15, -0.1) is 0 Å². The Morgan fingerprint density at radius 3 is 2.79 bits per heavy atom. The third-order valence-electron chi connectivity index (χ3n) is 2.29. The fourth-order valence-corrected chi connectivity index (χ4v) is 1.52. The topological polar surface area (TPSA) is 35.6 Å². The Balaban J connectivity index is 2.37. The third-order valence-corrected chi connectivity index (χ3v) is 2.29. The molecule has 14 heavy (non-hydrogen) atoms. The van der Waals surface area contributed by atoms with Gasteiger partial charge in [0.15, 0.2) is 0 Å². The van der Waals surface area contributed by atoms with Gasteiger partial charge in [0.25, 0.3) is 5.91 Å². The number of hydrazine groups is 1. The second-order valence-corrected chi connectivity index (χ2v) is 3.43. The lowest BCUT2D eigenvalue weighted by molar-refractivity contribution is 0.0223. The minimum Gasteiger partial charge on any atom is -0.366 e. The summed E-state index contributed by atoms with van der Waals surface area (Å²) in [7, 11) is 3.71. The van der Waals surface area contributed by atoms with Crippen molar-refractivity contribution in [3.05, 3.63) is 29.8 Å². The van der Waals surface area contributed by atoms with Gasteiger partial charge in [0.1, 0.15) is 6.67 Å². The zero-order chi connectivity index (χ0) is 10.1. The summed E-state index contributed by atoms with van der Waals surface area (Å²) < 4.78 is 0. The molecule has 4 nitrogen and oxygen atoms in total. The number of hydrogen-bond acceptors (Lipinski definition) is 3. The van der Waals surface area contributed by atoms with Gasteiger partial charge in [0.2, 0.25) is 0 Å². The molecule has 0 bridgehead atoms. The smallest absolute Gasteiger partial charge is 0.271 e. The van der Waals surface area contributed by atoms with Crippen molar-refractivity contribution in [2.24, 2.45) is 0 Å². The van der Waals surface area contributed by atoms with E-state index < -0.39 is 0 Å². The zero-order valence-electron chi connectivity index (χ0n) is 8.32. The van der Waals surface area contributed by atoms with Crippen LogP contribution < -0.4 is 5.32 Å². The molecule has 1 aromatic carbocycles. The Labute approximate surface area is 83.1 Å². The highest BCUT2D eigenvalue weighted by Crippen LogP contribution is 2.21. The molecule has 0 radical (unpaired) electrons. The summed E-state index contributed by atoms with van der Waals surface area (Å²) in [4.78, 5) is 11.9. The summed E-state index contributed by atoms with van der Waals surface area (Å²) in [5, 5.41) is 6.63. The summed E-state index contributed by atoms with van der Waals surface area (Å²) in [6, 6.07) is 7.54. The van der Waals surface area contributed by atoms with Gasteiger partial charge in [-0.25, -0.2) is 5.01 Å². The molecule has 0 fully saturated rings. The predicted molar refractivity (Wildman–Crippen MR) is 54.8 cm³/mol. The molecule has 0 aliphatic carbocycles. The summed E-state index contributed by atoms with van der Waals surface area (Å²) in [5.41, 5.74) is 1.64. The summed E-state index contributed by atoms with van der Waals surface area (Å²) in [6.45, 7) is 0.531. The fourth-order valence-electron chi connectivity index (χ4n) is 1.52. The number of carbonyl (C=O) groups excluding carboxylic acids is 1. The molecule has 1 heterocycles. The molecule has 0 spiro atoms. The molecule has 1 aromatic rings. The summed E-state index contributed by atoms with van der Waals surface area (Å²) >= 11 is 0. The normalized spacial score (nSPS) is 15.4. The van der Waals surface area contributed by atoms with E-state index in [-0.39, 0.29) is 5.91 Å². The number of para-hydroxylation sites is 1. The molecule has 0 unspecified atom stereocenters. The van der Waals surface area contributed by atoms with Gasteiger partial charge in [0.05, 0.1) is 5.56 Å².